The van der Waals surface area contributed by atoms with Gasteiger partial charge in [0.15, 0.2) is 0 Å². The van der Waals surface area contributed by atoms with Crippen LogP contribution in [0, 0.1) is 11.8 Å². The highest BCUT2D eigenvalue weighted by molar-refractivity contribution is 6.14. The molecule has 8 aromatic carbocycles. The van der Waals surface area contributed by atoms with E-state index in [4.69, 9.17) is 0 Å². The van der Waals surface area contributed by atoms with Gasteiger partial charge in [-0.25, -0.2) is 0 Å². The maximum atomic E-state index is 3.47. The molecule has 52 heavy (non-hydrogen) atoms. The smallest absolute Gasteiger partial charge is 0.0547 e. The second-order valence-corrected chi connectivity index (χ2v) is 13.4. The molecule has 0 spiro atoms. The highest BCUT2D eigenvalue weighted by Gasteiger charge is 2.16. The molecule has 0 N–H and O–H groups in total. The Kier molecular flexibility index (Phi) is 7.05. The van der Waals surface area contributed by atoms with Crippen molar-refractivity contribution in [2.24, 2.45) is 0 Å². The third-order valence-electron chi connectivity index (χ3n) is 10.6. The zero-order chi connectivity index (χ0) is 34.6. The van der Waals surface area contributed by atoms with E-state index in [1.54, 1.807) is 0 Å². The number of allylic oxidation sites excluding steroid dienone is 1. The van der Waals surface area contributed by atoms with Crippen LogP contribution in [0.4, 0.5) is 0 Å². The van der Waals surface area contributed by atoms with Crippen molar-refractivity contribution in [3.05, 3.63) is 181 Å². The normalized spacial score (nSPS) is 11.8. The van der Waals surface area contributed by atoms with E-state index in [0.29, 0.717) is 0 Å². The summed E-state index contributed by atoms with van der Waals surface area (Å²) in [6, 6.07) is 59.4. The van der Waals surface area contributed by atoms with E-state index in [0.717, 1.165) is 12.1 Å². The zero-order valence-corrected chi connectivity index (χ0v) is 28.8. The molecule has 2 nitrogen and oxygen atoms in total. The van der Waals surface area contributed by atoms with Crippen LogP contribution in [0.2, 0.25) is 0 Å². The lowest BCUT2D eigenvalue weighted by molar-refractivity contribution is 0.902. The van der Waals surface area contributed by atoms with Crippen molar-refractivity contribution >= 4 is 71.2 Å². The lowest BCUT2D eigenvalue weighted by Crippen LogP contribution is -1.96. The first-order valence-corrected chi connectivity index (χ1v) is 17.9. The standard InChI is InChI=1S/C50H34N2/c1-2-15-37-38-18-6-7-19-39(38)40-20-8-9-21-41(40)42(37)24-14-31-51-47-25-12-10-22-43(47)45-29-27-34(32-49(45)51)35-28-30-46-44-23-11-13-26-48(44)52(50(46)33-35)36-16-4-3-5-17-36/h3-14,16-30,32-33H,31H2,1H3/b24-14-. The molecule has 0 saturated carbocycles. The van der Waals surface area contributed by atoms with E-state index >= 15 is 0 Å². The molecule has 0 saturated heterocycles. The van der Waals surface area contributed by atoms with Crippen LogP contribution in [0.5, 0.6) is 0 Å². The number of rotatable bonds is 5. The molecule has 0 amide bonds. The molecular weight excluding hydrogens is 629 g/mol. The summed E-state index contributed by atoms with van der Waals surface area (Å²) in [5.74, 6) is 6.66. The monoisotopic (exact) mass is 662 g/mol. The van der Waals surface area contributed by atoms with Gasteiger partial charge in [0.05, 0.1) is 16.6 Å². The summed E-state index contributed by atoms with van der Waals surface area (Å²) in [6.07, 6.45) is 4.59. The summed E-state index contributed by atoms with van der Waals surface area (Å²) in [5, 5.41) is 9.98. The minimum Gasteiger partial charge on any atom is -0.337 e. The zero-order valence-electron chi connectivity index (χ0n) is 28.8. The number of benzene rings is 8. The minimum absolute atomic E-state index is 0.731. The molecule has 0 aliphatic heterocycles. The van der Waals surface area contributed by atoms with Crippen LogP contribution in [-0.4, -0.2) is 9.13 Å². The first kappa shape index (κ1) is 30.0. The summed E-state index contributed by atoms with van der Waals surface area (Å²) < 4.78 is 4.85. The molecule has 0 fully saturated rings. The molecule has 2 heterocycles. The lowest BCUT2D eigenvalue weighted by Gasteiger charge is -2.12. The highest BCUT2D eigenvalue weighted by Crippen LogP contribution is 2.38. The number of nitrogens with zero attached hydrogens (tertiary/aromatic N) is 2. The number of fused-ring (bicyclic) bond motifs is 9. The topological polar surface area (TPSA) is 9.86 Å². The predicted molar refractivity (Wildman–Crippen MR) is 222 cm³/mol. The van der Waals surface area contributed by atoms with Gasteiger partial charge in [-0.3, -0.25) is 0 Å². The van der Waals surface area contributed by atoms with Crippen molar-refractivity contribution in [3.63, 3.8) is 0 Å². The van der Waals surface area contributed by atoms with Crippen LogP contribution >= 0.6 is 0 Å². The Labute approximate surface area is 302 Å². The number of hydrogen-bond donors (Lipinski definition) is 0. The molecule has 0 atom stereocenters. The highest BCUT2D eigenvalue weighted by atomic mass is 15.0. The van der Waals surface area contributed by atoms with Crippen molar-refractivity contribution in [2.75, 3.05) is 0 Å². The van der Waals surface area contributed by atoms with Gasteiger partial charge < -0.3 is 9.13 Å². The second kappa shape index (κ2) is 12.2. The first-order valence-electron chi connectivity index (χ1n) is 17.9. The fraction of sp³-hybridized carbons (Fsp3) is 0.0400. The van der Waals surface area contributed by atoms with Gasteiger partial charge in [0, 0.05) is 44.9 Å². The Hall–Kier alpha value is -6.82. The van der Waals surface area contributed by atoms with Gasteiger partial charge in [-0.1, -0.05) is 145 Å². The van der Waals surface area contributed by atoms with Crippen LogP contribution in [0.25, 0.3) is 88.0 Å². The SMILES string of the molecule is CC#Cc1c(/C=C\Cn2c3ccccc3c3ccc(-c4ccc5c6ccccc6n(-c6ccccc6)c5c4)cc32)c2ccccc2c2ccccc12. The molecule has 0 aliphatic rings. The third kappa shape index (κ3) is 4.68. The summed E-state index contributed by atoms with van der Waals surface area (Å²) >= 11 is 0. The Morgan fingerprint density at radius 2 is 0.981 bits per heavy atom. The van der Waals surface area contributed by atoms with Gasteiger partial charge in [0.2, 0.25) is 0 Å². The summed E-state index contributed by atoms with van der Waals surface area (Å²) in [5.41, 5.74) is 10.7. The molecule has 0 unspecified atom stereocenters. The van der Waals surface area contributed by atoms with Crippen molar-refractivity contribution in [3.8, 4) is 28.7 Å². The summed E-state index contributed by atoms with van der Waals surface area (Å²) in [7, 11) is 0. The molecule has 10 rings (SSSR count). The molecule has 2 heteroatoms. The number of hydrogen-bond acceptors (Lipinski definition) is 0. The van der Waals surface area contributed by atoms with Gasteiger partial charge in [0.1, 0.15) is 0 Å². The van der Waals surface area contributed by atoms with Gasteiger partial charge in [-0.05, 0) is 81.6 Å². The molecule has 10 aromatic rings. The summed E-state index contributed by atoms with van der Waals surface area (Å²) in [6.45, 7) is 2.65. The summed E-state index contributed by atoms with van der Waals surface area (Å²) in [4.78, 5) is 0. The Morgan fingerprint density at radius 1 is 0.462 bits per heavy atom. The second-order valence-electron chi connectivity index (χ2n) is 13.4. The molecule has 0 bridgehead atoms. The molecule has 244 valence electrons. The van der Waals surface area contributed by atoms with Crippen molar-refractivity contribution in [2.45, 2.75) is 13.5 Å². The van der Waals surface area contributed by atoms with E-state index < -0.39 is 0 Å². The van der Waals surface area contributed by atoms with Crippen molar-refractivity contribution < 1.29 is 0 Å². The maximum Gasteiger partial charge on any atom is 0.0547 e. The van der Waals surface area contributed by atoms with E-state index in [1.165, 1.54) is 87.5 Å². The third-order valence-corrected chi connectivity index (χ3v) is 10.6. The number of para-hydroxylation sites is 3. The van der Waals surface area contributed by atoms with Crippen LogP contribution in [0.15, 0.2) is 170 Å². The molecule has 0 radical (unpaired) electrons. The Morgan fingerprint density at radius 3 is 1.69 bits per heavy atom. The molecule has 0 aliphatic carbocycles. The fourth-order valence-corrected chi connectivity index (χ4v) is 8.31. The number of aromatic nitrogens is 2. The Bertz CT molecular complexity index is 3110. The largest absolute Gasteiger partial charge is 0.337 e. The first-order chi connectivity index (χ1) is 25.8. The van der Waals surface area contributed by atoms with Crippen LogP contribution in [-0.2, 0) is 6.54 Å². The lowest BCUT2D eigenvalue weighted by atomic mass is 9.91. The molecule has 2 aromatic heterocycles. The van der Waals surface area contributed by atoms with Gasteiger partial charge in [-0.15, -0.1) is 5.92 Å². The Balaban J connectivity index is 1.12. The minimum atomic E-state index is 0.731. The predicted octanol–water partition coefficient (Wildman–Crippen LogP) is 12.9. The van der Waals surface area contributed by atoms with E-state index in [1.807, 2.05) is 6.92 Å². The van der Waals surface area contributed by atoms with Crippen LogP contribution < -0.4 is 0 Å². The van der Waals surface area contributed by atoms with Gasteiger partial charge in [-0.2, -0.15) is 0 Å². The molecular formula is C50H34N2. The van der Waals surface area contributed by atoms with E-state index in [9.17, 15) is 0 Å². The van der Waals surface area contributed by atoms with E-state index in [-0.39, 0.29) is 0 Å². The average Bonchev–Trinajstić information content (AvgIpc) is 3.71. The van der Waals surface area contributed by atoms with Crippen molar-refractivity contribution in [1.82, 2.24) is 9.13 Å². The van der Waals surface area contributed by atoms with Gasteiger partial charge >= 0.3 is 0 Å². The average molecular weight is 663 g/mol. The van der Waals surface area contributed by atoms with Crippen LogP contribution in [0.3, 0.4) is 0 Å². The van der Waals surface area contributed by atoms with Crippen molar-refractivity contribution in [1.29, 1.82) is 0 Å². The maximum absolute atomic E-state index is 3.47. The van der Waals surface area contributed by atoms with Crippen LogP contribution in [0.1, 0.15) is 18.1 Å². The van der Waals surface area contributed by atoms with E-state index in [2.05, 4.69) is 197 Å². The quantitative estimate of drug-likeness (QED) is 0.128. The van der Waals surface area contributed by atoms with Gasteiger partial charge in [0.25, 0.3) is 0 Å². The fourth-order valence-electron chi connectivity index (χ4n) is 8.31.